The summed E-state index contributed by atoms with van der Waals surface area (Å²) in [4.78, 5) is 34.1. The number of aromatic nitrogens is 2. The zero-order valence-electron chi connectivity index (χ0n) is 22.5. The Morgan fingerprint density at radius 2 is 1.82 bits per heavy atom. The molecular formula is C28H21ClF7N5O3. The summed E-state index contributed by atoms with van der Waals surface area (Å²) in [7, 11) is 0. The van der Waals surface area contributed by atoms with E-state index in [0.717, 1.165) is 11.1 Å². The predicted octanol–water partition coefficient (Wildman–Crippen LogP) is 6.54. The van der Waals surface area contributed by atoms with Gasteiger partial charge in [-0.1, -0.05) is 23.7 Å². The average molecular weight is 644 g/mol. The number of amides is 2. The van der Waals surface area contributed by atoms with Crippen molar-refractivity contribution in [1.82, 2.24) is 20.0 Å². The number of hydrogen-bond donors (Lipinski definition) is 2. The maximum Gasteiger partial charge on any atom is 0.433 e. The van der Waals surface area contributed by atoms with Crippen molar-refractivity contribution in [3.05, 3.63) is 87.8 Å². The van der Waals surface area contributed by atoms with Gasteiger partial charge in [0.1, 0.15) is 29.2 Å². The minimum atomic E-state index is -4.96. The quantitative estimate of drug-likeness (QED) is 0.242. The molecule has 1 atom stereocenters. The largest absolute Gasteiger partial charge is 0.509 e. The summed E-state index contributed by atoms with van der Waals surface area (Å²) in [6.07, 6.45) is -8.60. The summed E-state index contributed by atoms with van der Waals surface area (Å²) in [6, 6.07) is 6.42. The van der Waals surface area contributed by atoms with Gasteiger partial charge in [0.05, 0.1) is 34.1 Å². The molecule has 1 aromatic heterocycles. The van der Waals surface area contributed by atoms with Gasteiger partial charge in [-0.15, -0.1) is 0 Å². The molecular weight excluding hydrogens is 623 g/mol. The van der Waals surface area contributed by atoms with E-state index in [4.69, 9.17) is 11.6 Å². The van der Waals surface area contributed by atoms with E-state index in [1.807, 2.05) is 0 Å². The van der Waals surface area contributed by atoms with Crippen LogP contribution in [-0.4, -0.2) is 49.0 Å². The van der Waals surface area contributed by atoms with Gasteiger partial charge in [-0.05, 0) is 50.1 Å². The van der Waals surface area contributed by atoms with E-state index in [1.54, 1.807) is 6.92 Å². The molecule has 3 aromatic rings. The monoisotopic (exact) mass is 643 g/mol. The van der Waals surface area contributed by atoms with Crippen molar-refractivity contribution in [3.8, 4) is 11.3 Å². The Hall–Kier alpha value is -4.24. The highest BCUT2D eigenvalue weighted by molar-refractivity contribution is 6.30. The predicted molar refractivity (Wildman–Crippen MR) is 142 cm³/mol. The van der Waals surface area contributed by atoms with Crippen LogP contribution in [-0.2, 0) is 28.5 Å². The van der Waals surface area contributed by atoms with Gasteiger partial charge in [-0.2, -0.15) is 26.3 Å². The smallest absolute Gasteiger partial charge is 0.433 e. The van der Waals surface area contributed by atoms with Crippen LogP contribution in [0, 0.1) is 5.82 Å². The molecule has 232 valence electrons. The van der Waals surface area contributed by atoms with Crippen LogP contribution in [0.4, 0.5) is 36.4 Å². The SMILES string of the molecule is CC12CCCN1N(Cc1cccc(Cl)c1F)C(=O)C(C(=O)Nc1ccc(C(F)(F)F)cc1-c1cc(C(F)(F)F)ncn1)=C2O. The Balaban J connectivity index is 1.57. The standard InChI is InChI=1S/C28H21ClF7N5O3/c1-26-8-3-9-41(26)40(12-14-4-2-5-17(29)22(14)30)25(44)21(23(26)42)24(43)39-18-7-6-15(27(31,32)33)10-16(18)19-11-20(28(34,35)36)38-13-37-19/h2,4-7,10-11,13,42H,3,8-9,12H2,1H3,(H,39,43). The van der Waals surface area contributed by atoms with Crippen LogP contribution in [0.1, 0.15) is 36.6 Å². The highest BCUT2D eigenvalue weighted by Gasteiger charge is 2.52. The third-order valence-corrected chi connectivity index (χ3v) is 7.79. The number of alkyl halides is 6. The van der Waals surface area contributed by atoms with Gasteiger partial charge < -0.3 is 10.4 Å². The molecule has 1 fully saturated rings. The molecule has 2 amide bonds. The number of nitrogens with one attached hydrogen (secondary N) is 1. The van der Waals surface area contributed by atoms with Crippen molar-refractivity contribution in [3.63, 3.8) is 0 Å². The number of carbonyl (C=O) groups is 2. The van der Waals surface area contributed by atoms with Gasteiger partial charge in [-0.25, -0.2) is 19.4 Å². The molecule has 8 nitrogen and oxygen atoms in total. The average Bonchev–Trinajstić information content (AvgIpc) is 3.35. The van der Waals surface area contributed by atoms with Crippen LogP contribution in [0.25, 0.3) is 11.3 Å². The molecule has 2 aliphatic rings. The van der Waals surface area contributed by atoms with Gasteiger partial charge in [0, 0.05) is 17.7 Å². The van der Waals surface area contributed by atoms with Gasteiger partial charge >= 0.3 is 12.4 Å². The highest BCUT2D eigenvalue weighted by Crippen LogP contribution is 2.43. The first kappa shape index (κ1) is 31.2. The topological polar surface area (TPSA) is 98.7 Å². The first-order chi connectivity index (χ1) is 20.5. The molecule has 5 rings (SSSR count). The summed E-state index contributed by atoms with van der Waals surface area (Å²) in [5.41, 5.74) is -6.35. The minimum Gasteiger partial charge on any atom is -0.509 e. The number of aliphatic hydroxyl groups excluding tert-OH is 1. The molecule has 0 aliphatic carbocycles. The molecule has 44 heavy (non-hydrogen) atoms. The Kier molecular flexibility index (Phi) is 7.82. The third kappa shape index (κ3) is 5.56. The number of aliphatic hydroxyl groups is 1. The Labute approximate surface area is 249 Å². The number of hydrazine groups is 1. The molecule has 2 N–H and O–H groups in total. The van der Waals surface area contributed by atoms with Crippen molar-refractivity contribution in [2.24, 2.45) is 0 Å². The Bertz CT molecular complexity index is 1690. The third-order valence-electron chi connectivity index (χ3n) is 7.50. The normalized spacial score (nSPS) is 19.4. The molecule has 0 spiro atoms. The first-order valence-electron chi connectivity index (χ1n) is 12.9. The summed E-state index contributed by atoms with van der Waals surface area (Å²) in [5.74, 6) is -3.74. The van der Waals surface area contributed by atoms with E-state index >= 15 is 0 Å². The van der Waals surface area contributed by atoms with Crippen LogP contribution in [0.3, 0.4) is 0 Å². The summed E-state index contributed by atoms with van der Waals surface area (Å²) in [6.45, 7) is 1.44. The zero-order chi connectivity index (χ0) is 32.2. The van der Waals surface area contributed by atoms with Crippen LogP contribution in [0.2, 0.25) is 5.02 Å². The fraction of sp³-hybridized carbons (Fsp3) is 0.286. The molecule has 2 aromatic carbocycles. The van der Waals surface area contributed by atoms with E-state index < -0.39 is 75.1 Å². The fourth-order valence-corrected chi connectivity index (χ4v) is 5.46. The van der Waals surface area contributed by atoms with Crippen molar-refractivity contribution in [1.29, 1.82) is 0 Å². The van der Waals surface area contributed by atoms with Gasteiger partial charge in [0.2, 0.25) is 0 Å². The number of benzene rings is 2. The summed E-state index contributed by atoms with van der Waals surface area (Å²) < 4.78 is 95.4. The zero-order valence-corrected chi connectivity index (χ0v) is 23.3. The second kappa shape index (κ2) is 11.0. The van der Waals surface area contributed by atoms with Crippen molar-refractivity contribution in [2.75, 3.05) is 11.9 Å². The van der Waals surface area contributed by atoms with Crippen molar-refractivity contribution >= 4 is 29.1 Å². The van der Waals surface area contributed by atoms with E-state index in [9.17, 15) is 45.4 Å². The van der Waals surface area contributed by atoms with E-state index in [0.29, 0.717) is 30.9 Å². The van der Waals surface area contributed by atoms with Gasteiger partial charge in [-0.3, -0.25) is 14.6 Å². The van der Waals surface area contributed by atoms with Gasteiger partial charge in [0.15, 0.2) is 0 Å². The van der Waals surface area contributed by atoms with E-state index in [2.05, 4.69) is 15.3 Å². The molecule has 3 heterocycles. The van der Waals surface area contributed by atoms with Crippen molar-refractivity contribution < 1.29 is 45.4 Å². The van der Waals surface area contributed by atoms with Gasteiger partial charge in [0.25, 0.3) is 11.8 Å². The lowest BCUT2D eigenvalue weighted by Gasteiger charge is -2.46. The lowest BCUT2D eigenvalue weighted by atomic mass is 9.90. The van der Waals surface area contributed by atoms with Crippen LogP contribution >= 0.6 is 11.6 Å². The number of nitrogens with zero attached hydrogens (tertiary/aromatic N) is 4. The second-order valence-corrected chi connectivity index (χ2v) is 10.7. The molecule has 0 bridgehead atoms. The van der Waals surface area contributed by atoms with Crippen LogP contribution in [0.15, 0.2) is 60.1 Å². The second-order valence-electron chi connectivity index (χ2n) is 10.3. The number of anilines is 1. The molecule has 0 saturated carbocycles. The Morgan fingerprint density at radius 1 is 1.09 bits per heavy atom. The maximum atomic E-state index is 14.8. The number of fused-ring (bicyclic) bond motifs is 1. The summed E-state index contributed by atoms with van der Waals surface area (Å²) in [5, 5.41) is 15.8. The first-order valence-corrected chi connectivity index (χ1v) is 13.3. The van der Waals surface area contributed by atoms with Crippen molar-refractivity contribution in [2.45, 2.75) is 44.2 Å². The lowest BCUT2D eigenvalue weighted by Crippen LogP contribution is -2.60. The van der Waals surface area contributed by atoms with Crippen LogP contribution in [0.5, 0.6) is 0 Å². The maximum absolute atomic E-state index is 14.8. The molecule has 1 unspecified atom stereocenters. The molecule has 1 saturated heterocycles. The minimum absolute atomic E-state index is 0.00973. The number of rotatable bonds is 5. The summed E-state index contributed by atoms with van der Waals surface area (Å²) >= 11 is 5.89. The van der Waals surface area contributed by atoms with E-state index in [1.165, 1.54) is 23.2 Å². The van der Waals surface area contributed by atoms with E-state index in [-0.39, 0.29) is 30.1 Å². The number of hydrogen-bond acceptors (Lipinski definition) is 6. The fourth-order valence-electron chi connectivity index (χ4n) is 5.27. The molecule has 0 radical (unpaired) electrons. The van der Waals surface area contributed by atoms with Crippen LogP contribution < -0.4 is 5.32 Å². The molecule has 16 heteroatoms. The molecule has 2 aliphatic heterocycles. The number of carbonyl (C=O) groups excluding carboxylic acids is 2. The highest BCUT2D eigenvalue weighted by atomic mass is 35.5. The Morgan fingerprint density at radius 3 is 2.50 bits per heavy atom. The lowest BCUT2D eigenvalue weighted by molar-refractivity contribution is -0.160. The number of halogens is 8.